The van der Waals surface area contributed by atoms with Crippen molar-refractivity contribution in [3.8, 4) is 0 Å². The molecule has 0 aliphatic heterocycles. The lowest BCUT2D eigenvalue weighted by Crippen LogP contribution is -2.20. The van der Waals surface area contributed by atoms with Crippen molar-refractivity contribution in [2.75, 3.05) is 0 Å². The lowest BCUT2D eigenvalue weighted by atomic mass is 10.1. The van der Waals surface area contributed by atoms with Crippen molar-refractivity contribution in [1.29, 1.82) is 0 Å². The lowest BCUT2D eigenvalue weighted by molar-refractivity contribution is 0.0695. The third kappa shape index (κ3) is 2.45. The lowest BCUT2D eigenvalue weighted by Gasteiger charge is -2.13. The van der Waals surface area contributed by atoms with E-state index in [-0.39, 0.29) is 5.39 Å². The summed E-state index contributed by atoms with van der Waals surface area (Å²) in [7, 11) is 1.85. The van der Waals surface area contributed by atoms with Gasteiger partial charge in [0.25, 0.3) is 0 Å². The zero-order chi connectivity index (χ0) is 18.4. The van der Waals surface area contributed by atoms with E-state index in [0.717, 1.165) is 22.5 Å². The van der Waals surface area contributed by atoms with Gasteiger partial charge in [0.1, 0.15) is 11.4 Å². The van der Waals surface area contributed by atoms with E-state index in [1.165, 1.54) is 12.3 Å². The van der Waals surface area contributed by atoms with Gasteiger partial charge in [0.2, 0.25) is 5.43 Å². The average Bonchev–Trinajstić information content (AvgIpc) is 2.97. The fraction of sp³-hybridized carbons (Fsp3) is 0.105. The smallest absolute Gasteiger partial charge is 0.341 e. The zero-order valence-electron chi connectivity index (χ0n) is 13.8. The van der Waals surface area contributed by atoms with Gasteiger partial charge in [0, 0.05) is 25.2 Å². The molecule has 0 bridgehead atoms. The number of carboxylic acid groups (broad SMARTS) is 1. The fourth-order valence-electron chi connectivity index (χ4n) is 3.19. The van der Waals surface area contributed by atoms with E-state index in [9.17, 15) is 19.1 Å². The monoisotopic (exact) mass is 351 g/mol. The van der Waals surface area contributed by atoms with Crippen LogP contribution in [0.5, 0.6) is 0 Å². The maximum absolute atomic E-state index is 14.2. The van der Waals surface area contributed by atoms with E-state index in [1.54, 1.807) is 21.5 Å². The first-order valence-corrected chi connectivity index (χ1v) is 7.91. The standard InChI is InChI=1S/C19H14FN3O3/c1-22-15-6-5-11(7-12(15)8-21-22)9-23-10-13(19(25)26)18(24)17-14(20)3-2-4-16(17)23/h2-8,10H,9H2,1H3,(H,25,26). The molecule has 0 amide bonds. The molecule has 0 saturated heterocycles. The topological polar surface area (TPSA) is 77.1 Å². The molecule has 0 aliphatic rings. The van der Waals surface area contributed by atoms with Crippen molar-refractivity contribution in [2.24, 2.45) is 7.05 Å². The maximum Gasteiger partial charge on any atom is 0.341 e. The van der Waals surface area contributed by atoms with Gasteiger partial charge in [-0.1, -0.05) is 12.1 Å². The average molecular weight is 351 g/mol. The minimum Gasteiger partial charge on any atom is -0.477 e. The van der Waals surface area contributed by atoms with E-state index >= 15 is 0 Å². The highest BCUT2D eigenvalue weighted by molar-refractivity contribution is 5.92. The molecule has 130 valence electrons. The molecule has 0 fully saturated rings. The highest BCUT2D eigenvalue weighted by Crippen LogP contribution is 2.20. The van der Waals surface area contributed by atoms with E-state index in [2.05, 4.69) is 5.10 Å². The first kappa shape index (κ1) is 16.0. The Morgan fingerprint density at radius 2 is 2.04 bits per heavy atom. The van der Waals surface area contributed by atoms with Crippen molar-refractivity contribution in [3.05, 3.63) is 76.0 Å². The molecule has 26 heavy (non-hydrogen) atoms. The predicted octanol–water partition coefficient (Wildman–Crippen LogP) is 2.77. The SMILES string of the molecule is Cn1ncc2cc(Cn3cc(C(=O)O)c(=O)c4c(F)cccc43)ccc21. The van der Waals surface area contributed by atoms with E-state index in [0.29, 0.717) is 12.1 Å². The number of hydrogen-bond donors (Lipinski definition) is 1. The molecule has 7 heteroatoms. The number of pyridine rings is 1. The summed E-state index contributed by atoms with van der Waals surface area (Å²) >= 11 is 0. The van der Waals surface area contributed by atoms with Gasteiger partial charge >= 0.3 is 5.97 Å². The second-order valence-corrected chi connectivity index (χ2v) is 6.10. The number of carboxylic acids is 1. The highest BCUT2D eigenvalue weighted by Gasteiger charge is 2.17. The summed E-state index contributed by atoms with van der Waals surface area (Å²) in [4.78, 5) is 23.7. The Hall–Kier alpha value is -3.48. The van der Waals surface area contributed by atoms with Crippen LogP contribution in [0.3, 0.4) is 0 Å². The van der Waals surface area contributed by atoms with Crippen LogP contribution in [-0.2, 0) is 13.6 Å². The number of carbonyl (C=O) groups is 1. The van der Waals surface area contributed by atoms with E-state index < -0.39 is 22.8 Å². The van der Waals surface area contributed by atoms with Crippen LogP contribution in [0.25, 0.3) is 21.8 Å². The minimum atomic E-state index is -1.38. The Balaban J connectivity index is 1.92. The number of rotatable bonds is 3. The molecule has 2 aromatic carbocycles. The third-order valence-electron chi connectivity index (χ3n) is 4.45. The molecule has 0 radical (unpaired) electrons. The molecule has 0 spiro atoms. The minimum absolute atomic E-state index is 0.213. The second-order valence-electron chi connectivity index (χ2n) is 6.10. The number of nitrogens with zero attached hydrogens (tertiary/aromatic N) is 3. The summed E-state index contributed by atoms with van der Waals surface area (Å²) in [5, 5.41) is 14.2. The van der Waals surface area contributed by atoms with Crippen LogP contribution in [0.15, 0.2) is 53.6 Å². The molecule has 0 unspecified atom stereocenters. The molecule has 1 N–H and O–H groups in total. The Morgan fingerprint density at radius 1 is 1.23 bits per heavy atom. The van der Waals surface area contributed by atoms with Crippen LogP contribution in [0.4, 0.5) is 4.39 Å². The number of hydrogen-bond acceptors (Lipinski definition) is 3. The summed E-state index contributed by atoms with van der Waals surface area (Å²) < 4.78 is 17.5. The molecule has 2 heterocycles. The molecule has 4 rings (SSSR count). The predicted molar refractivity (Wildman–Crippen MR) is 94.9 cm³/mol. The third-order valence-corrected chi connectivity index (χ3v) is 4.45. The molecule has 0 atom stereocenters. The fourth-order valence-corrected chi connectivity index (χ4v) is 3.19. The van der Waals surface area contributed by atoms with Crippen molar-refractivity contribution >= 4 is 27.8 Å². The first-order valence-electron chi connectivity index (χ1n) is 7.91. The van der Waals surface area contributed by atoms with Crippen LogP contribution >= 0.6 is 0 Å². The van der Waals surface area contributed by atoms with Gasteiger partial charge in [-0.15, -0.1) is 0 Å². The number of aromatic nitrogens is 3. The van der Waals surface area contributed by atoms with Crippen molar-refractivity contribution < 1.29 is 14.3 Å². The molecule has 0 aliphatic carbocycles. The van der Waals surface area contributed by atoms with Crippen molar-refractivity contribution in [2.45, 2.75) is 6.54 Å². The van der Waals surface area contributed by atoms with Gasteiger partial charge in [0.05, 0.1) is 22.6 Å². The molecule has 0 saturated carbocycles. The normalized spacial score (nSPS) is 11.3. The molecule has 6 nitrogen and oxygen atoms in total. The second kappa shape index (κ2) is 5.80. The quantitative estimate of drug-likeness (QED) is 0.616. The van der Waals surface area contributed by atoms with Crippen LogP contribution in [0.1, 0.15) is 15.9 Å². The zero-order valence-corrected chi connectivity index (χ0v) is 13.8. The number of halogens is 1. The van der Waals surface area contributed by atoms with Crippen LogP contribution < -0.4 is 5.43 Å². The molecule has 4 aromatic rings. The summed E-state index contributed by atoms with van der Waals surface area (Å²) in [6.45, 7) is 0.297. The molecular weight excluding hydrogens is 337 g/mol. The van der Waals surface area contributed by atoms with Crippen LogP contribution in [0.2, 0.25) is 0 Å². The van der Waals surface area contributed by atoms with Crippen molar-refractivity contribution in [3.63, 3.8) is 0 Å². The summed E-state index contributed by atoms with van der Waals surface area (Å²) in [5.74, 6) is -2.11. The Labute approximate surface area is 146 Å². The van der Waals surface area contributed by atoms with Gasteiger partial charge in [-0.2, -0.15) is 5.10 Å². The maximum atomic E-state index is 14.2. The summed E-state index contributed by atoms with van der Waals surface area (Å²) in [6, 6.07) is 10.0. The molecular formula is C19H14FN3O3. The van der Waals surface area contributed by atoms with Gasteiger partial charge in [-0.3, -0.25) is 9.48 Å². The van der Waals surface area contributed by atoms with Gasteiger partial charge in [0.15, 0.2) is 0 Å². The number of aryl methyl sites for hydroxylation is 1. The summed E-state index contributed by atoms with van der Waals surface area (Å²) in [6.07, 6.45) is 3.00. The largest absolute Gasteiger partial charge is 0.477 e. The van der Waals surface area contributed by atoms with Crippen LogP contribution in [0, 0.1) is 5.82 Å². The van der Waals surface area contributed by atoms with Gasteiger partial charge < -0.3 is 9.67 Å². The van der Waals surface area contributed by atoms with Crippen molar-refractivity contribution in [1.82, 2.24) is 14.3 Å². The van der Waals surface area contributed by atoms with E-state index in [1.807, 2.05) is 25.2 Å². The summed E-state index contributed by atoms with van der Waals surface area (Å²) in [5.41, 5.74) is 0.938. The van der Waals surface area contributed by atoms with Crippen LogP contribution in [-0.4, -0.2) is 25.4 Å². The number of benzene rings is 2. The first-order chi connectivity index (χ1) is 12.5. The van der Waals surface area contributed by atoms with E-state index in [4.69, 9.17) is 0 Å². The number of aromatic carboxylic acids is 1. The number of fused-ring (bicyclic) bond motifs is 2. The van der Waals surface area contributed by atoms with Gasteiger partial charge in [-0.05, 0) is 29.8 Å². The Bertz CT molecular complexity index is 1240. The Morgan fingerprint density at radius 3 is 2.81 bits per heavy atom. The molecule has 2 aromatic heterocycles. The highest BCUT2D eigenvalue weighted by atomic mass is 19.1. The van der Waals surface area contributed by atoms with Gasteiger partial charge in [-0.25, -0.2) is 9.18 Å². The Kier molecular flexibility index (Phi) is 3.57.